The molecule has 0 bridgehead atoms. The van der Waals surface area contributed by atoms with Crippen molar-refractivity contribution in [1.82, 2.24) is 9.66 Å². The maximum absolute atomic E-state index is 12.9. The van der Waals surface area contributed by atoms with E-state index in [9.17, 15) is 13.2 Å². The Hall–Kier alpha value is -2.78. The van der Waals surface area contributed by atoms with Crippen LogP contribution in [0.2, 0.25) is 5.02 Å². The summed E-state index contributed by atoms with van der Waals surface area (Å²) in [4.78, 5) is 17.2. The maximum Gasteiger partial charge on any atom is 0.280 e. The Morgan fingerprint density at radius 2 is 1.89 bits per heavy atom. The summed E-state index contributed by atoms with van der Waals surface area (Å²) in [5, 5.41) is 0.639. The second-order valence-electron chi connectivity index (χ2n) is 6.09. The first kappa shape index (κ1) is 18.6. The third-order valence-corrected chi connectivity index (χ3v) is 6.34. The predicted octanol–water partition coefficient (Wildman–Crippen LogP) is 2.49. The zero-order valence-electron chi connectivity index (χ0n) is 14.8. The van der Waals surface area contributed by atoms with Crippen LogP contribution in [0.3, 0.4) is 0 Å². The lowest BCUT2D eigenvalue weighted by atomic mass is 10.2. The third-order valence-electron chi connectivity index (χ3n) is 4.32. The molecule has 3 aromatic rings. The van der Waals surface area contributed by atoms with Crippen LogP contribution in [-0.4, -0.2) is 37.0 Å². The van der Waals surface area contributed by atoms with E-state index in [1.807, 2.05) is 0 Å². The SMILES string of the molecule is CCS(=O)(=O)c1ccc(Cl)cc1Nn1cnc2cc3c(cc2c1=O)OCCO3. The number of halogens is 1. The monoisotopic (exact) mass is 421 g/mol. The van der Waals surface area contributed by atoms with Gasteiger partial charge in [-0.15, -0.1) is 0 Å². The molecule has 0 atom stereocenters. The van der Waals surface area contributed by atoms with Gasteiger partial charge in [-0.05, 0) is 24.3 Å². The van der Waals surface area contributed by atoms with E-state index in [1.54, 1.807) is 19.1 Å². The minimum atomic E-state index is -3.53. The van der Waals surface area contributed by atoms with Crippen molar-refractivity contribution in [3.05, 3.63) is 52.0 Å². The van der Waals surface area contributed by atoms with Gasteiger partial charge in [0.15, 0.2) is 21.3 Å². The average Bonchev–Trinajstić information content (AvgIpc) is 2.69. The number of sulfone groups is 1. The van der Waals surface area contributed by atoms with Gasteiger partial charge in [-0.2, -0.15) is 0 Å². The first-order chi connectivity index (χ1) is 13.4. The molecule has 2 heterocycles. The van der Waals surface area contributed by atoms with E-state index in [-0.39, 0.29) is 16.3 Å². The Kier molecular flexibility index (Phi) is 4.64. The molecule has 4 rings (SSSR count). The number of nitrogens with one attached hydrogen (secondary N) is 1. The number of fused-ring (bicyclic) bond motifs is 2. The van der Waals surface area contributed by atoms with Crippen LogP contribution < -0.4 is 20.5 Å². The van der Waals surface area contributed by atoms with Gasteiger partial charge >= 0.3 is 0 Å². The highest BCUT2D eigenvalue weighted by Gasteiger charge is 2.19. The molecule has 1 aromatic heterocycles. The van der Waals surface area contributed by atoms with Gasteiger partial charge in [0.1, 0.15) is 19.5 Å². The van der Waals surface area contributed by atoms with Crippen LogP contribution in [0.15, 0.2) is 46.3 Å². The molecule has 0 aliphatic carbocycles. The summed E-state index contributed by atoms with van der Waals surface area (Å²) in [5.41, 5.74) is 3.02. The van der Waals surface area contributed by atoms with Gasteiger partial charge in [-0.25, -0.2) is 18.1 Å². The van der Waals surface area contributed by atoms with E-state index in [1.165, 1.54) is 24.5 Å². The van der Waals surface area contributed by atoms with Crippen LogP contribution in [0.5, 0.6) is 11.5 Å². The summed E-state index contributed by atoms with van der Waals surface area (Å²) >= 11 is 6.02. The van der Waals surface area contributed by atoms with E-state index in [4.69, 9.17) is 21.1 Å². The quantitative estimate of drug-likeness (QED) is 0.690. The zero-order valence-corrected chi connectivity index (χ0v) is 16.4. The number of ether oxygens (including phenoxy) is 2. The summed E-state index contributed by atoms with van der Waals surface area (Å²) in [6.07, 6.45) is 1.28. The molecule has 10 heteroatoms. The van der Waals surface area contributed by atoms with Crippen molar-refractivity contribution in [2.24, 2.45) is 0 Å². The summed E-state index contributed by atoms with van der Waals surface area (Å²) in [6, 6.07) is 7.55. The van der Waals surface area contributed by atoms with E-state index < -0.39 is 15.4 Å². The standard InChI is InChI=1S/C18H16ClN3O5S/c1-2-28(24,25)17-4-3-11(19)7-14(17)21-22-10-20-13-9-16-15(26-5-6-27-16)8-12(13)18(22)23/h3-4,7-10,21H,2,5-6H2,1H3. The molecule has 1 aliphatic rings. The Labute approximate surface area is 165 Å². The highest BCUT2D eigenvalue weighted by Crippen LogP contribution is 2.33. The van der Waals surface area contributed by atoms with Crippen LogP contribution in [-0.2, 0) is 9.84 Å². The molecular weight excluding hydrogens is 406 g/mol. The summed E-state index contributed by atoms with van der Waals surface area (Å²) < 4.78 is 36.9. The first-order valence-electron chi connectivity index (χ1n) is 8.49. The fraction of sp³-hybridized carbons (Fsp3) is 0.222. The van der Waals surface area contributed by atoms with Crippen LogP contribution in [0, 0.1) is 0 Å². The van der Waals surface area contributed by atoms with E-state index in [0.29, 0.717) is 40.6 Å². The summed E-state index contributed by atoms with van der Waals surface area (Å²) in [6.45, 7) is 2.37. The Bertz CT molecular complexity index is 1240. The minimum absolute atomic E-state index is 0.0496. The van der Waals surface area contributed by atoms with Crippen LogP contribution in [0.4, 0.5) is 5.69 Å². The molecule has 0 fully saturated rings. The van der Waals surface area contributed by atoms with Gasteiger partial charge in [0.2, 0.25) is 0 Å². The molecule has 28 heavy (non-hydrogen) atoms. The van der Waals surface area contributed by atoms with Gasteiger partial charge in [-0.3, -0.25) is 10.2 Å². The van der Waals surface area contributed by atoms with Crippen molar-refractivity contribution in [2.75, 3.05) is 24.4 Å². The van der Waals surface area contributed by atoms with Crippen molar-refractivity contribution < 1.29 is 17.9 Å². The van der Waals surface area contributed by atoms with Crippen molar-refractivity contribution >= 4 is 38.0 Å². The number of rotatable bonds is 4. The summed E-state index contributed by atoms with van der Waals surface area (Å²) in [7, 11) is -3.53. The molecule has 0 saturated heterocycles. The zero-order chi connectivity index (χ0) is 19.9. The van der Waals surface area contributed by atoms with E-state index in [2.05, 4.69) is 10.4 Å². The smallest absolute Gasteiger partial charge is 0.280 e. The number of hydrogen-bond acceptors (Lipinski definition) is 7. The average molecular weight is 422 g/mol. The Balaban J connectivity index is 1.82. The van der Waals surface area contributed by atoms with Crippen molar-refractivity contribution in [3.8, 4) is 11.5 Å². The fourth-order valence-corrected chi connectivity index (χ4v) is 4.08. The Morgan fingerprint density at radius 1 is 1.18 bits per heavy atom. The molecular formula is C18H16ClN3O5S. The molecule has 0 spiro atoms. The van der Waals surface area contributed by atoms with Crippen LogP contribution >= 0.6 is 11.6 Å². The van der Waals surface area contributed by atoms with Crippen molar-refractivity contribution in [3.63, 3.8) is 0 Å². The topological polar surface area (TPSA) is 99.5 Å². The lowest BCUT2D eigenvalue weighted by Gasteiger charge is -2.19. The number of anilines is 1. The van der Waals surface area contributed by atoms with Crippen LogP contribution in [0.1, 0.15) is 6.92 Å². The maximum atomic E-state index is 12.9. The van der Waals surface area contributed by atoms with Crippen molar-refractivity contribution in [2.45, 2.75) is 11.8 Å². The number of aromatic nitrogens is 2. The first-order valence-corrected chi connectivity index (χ1v) is 10.5. The number of nitrogens with zero attached hydrogens (tertiary/aromatic N) is 2. The van der Waals surface area contributed by atoms with Crippen molar-refractivity contribution in [1.29, 1.82) is 0 Å². The van der Waals surface area contributed by atoms with Gasteiger partial charge in [0, 0.05) is 11.1 Å². The second kappa shape index (κ2) is 6.99. The summed E-state index contributed by atoms with van der Waals surface area (Å²) in [5.74, 6) is 0.910. The van der Waals surface area contributed by atoms with Crippen LogP contribution in [0.25, 0.3) is 10.9 Å². The number of benzene rings is 2. The normalized spacial score (nSPS) is 13.5. The van der Waals surface area contributed by atoms with E-state index in [0.717, 1.165) is 4.68 Å². The molecule has 2 aromatic carbocycles. The number of hydrogen-bond donors (Lipinski definition) is 1. The second-order valence-corrected chi connectivity index (χ2v) is 8.77. The minimum Gasteiger partial charge on any atom is -0.486 e. The lowest BCUT2D eigenvalue weighted by Crippen LogP contribution is -2.27. The van der Waals surface area contributed by atoms with Gasteiger partial charge in [0.05, 0.1) is 27.2 Å². The molecule has 0 amide bonds. The predicted molar refractivity (Wildman–Crippen MR) is 105 cm³/mol. The molecule has 0 radical (unpaired) electrons. The van der Waals surface area contributed by atoms with Gasteiger partial charge in [-0.1, -0.05) is 18.5 Å². The lowest BCUT2D eigenvalue weighted by molar-refractivity contribution is 0.172. The molecule has 146 valence electrons. The highest BCUT2D eigenvalue weighted by molar-refractivity contribution is 7.91. The molecule has 1 N–H and O–H groups in total. The van der Waals surface area contributed by atoms with Gasteiger partial charge < -0.3 is 9.47 Å². The fourth-order valence-electron chi connectivity index (χ4n) is 2.88. The molecule has 0 saturated carbocycles. The van der Waals surface area contributed by atoms with E-state index >= 15 is 0 Å². The molecule has 8 nitrogen and oxygen atoms in total. The molecule has 1 aliphatic heterocycles. The highest BCUT2D eigenvalue weighted by atomic mass is 35.5. The Morgan fingerprint density at radius 3 is 2.61 bits per heavy atom. The molecule has 0 unspecified atom stereocenters. The largest absolute Gasteiger partial charge is 0.486 e. The third kappa shape index (κ3) is 3.27. The van der Waals surface area contributed by atoms with Gasteiger partial charge in [0.25, 0.3) is 5.56 Å².